The van der Waals surface area contributed by atoms with Crippen LogP contribution in [0.4, 0.5) is 0 Å². The molecule has 0 unspecified atom stereocenters. The number of carbonyl (C=O) groups excluding carboxylic acids is 1. The minimum absolute atomic E-state index is 0. The number of aryl methyl sites for hydroxylation is 1. The Kier molecular flexibility index (Phi) is 17.3. The van der Waals surface area contributed by atoms with Gasteiger partial charge in [-0.3, -0.25) is 4.79 Å². The Morgan fingerprint density at radius 1 is 1.07 bits per heavy atom. The maximum atomic E-state index is 10.2. The largest absolute Gasteiger partial charge is 0.460 e. The molecule has 0 N–H and O–H groups in total. The first-order valence-corrected chi connectivity index (χ1v) is 10.5. The van der Waals surface area contributed by atoms with E-state index in [9.17, 15) is 4.79 Å². The summed E-state index contributed by atoms with van der Waals surface area (Å²) in [5.74, 6) is -0.225. The predicted molar refractivity (Wildman–Crippen MR) is 119 cm³/mol. The van der Waals surface area contributed by atoms with Crippen LogP contribution < -0.4 is 0 Å². The average molecular weight is 545 g/mol. The molecule has 0 aliphatic carbocycles. The van der Waals surface area contributed by atoms with Gasteiger partial charge >= 0.3 is 5.97 Å². The summed E-state index contributed by atoms with van der Waals surface area (Å²) >= 11 is 0. The van der Waals surface area contributed by atoms with Crippen molar-refractivity contribution in [2.75, 3.05) is 0 Å². The smallest absolute Gasteiger partial charge is 0.303 e. The van der Waals surface area contributed by atoms with Crippen LogP contribution in [-0.2, 0) is 14.9 Å². The molecule has 0 fully saturated rings. The minimum atomic E-state index is -0.328. The van der Waals surface area contributed by atoms with Crippen LogP contribution in [0.2, 0.25) is 0 Å². The third-order valence-corrected chi connectivity index (χ3v) is 5.21. The van der Waals surface area contributed by atoms with Gasteiger partial charge in [0.05, 0.1) is 0 Å². The van der Waals surface area contributed by atoms with Gasteiger partial charge in [0, 0.05) is 44.2 Å². The van der Waals surface area contributed by atoms with Crippen LogP contribution in [-0.4, -0.2) is 11.6 Å². The van der Waals surface area contributed by atoms with E-state index >= 15 is 0 Å². The van der Waals surface area contributed by atoms with Gasteiger partial charge in [-0.2, -0.15) is 35.4 Å². The molecule has 1 aromatic rings. The summed E-state index contributed by atoms with van der Waals surface area (Å²) in [7, 11) is 0. The molecule has 0 radical (unpaired) electrons. The van der Waals surface area contributed by atoms with E-state index < -0.39 is 0 Å². The van der Waals surface area contributed by atoms with Gasteiger partial charge in [0.25, 0.3) is 0 Å². The summed E-state index contributed by atoms with van der Waals surface area (Å²) in [6, 6.07) is 9.84. The Morgan fingerprint density at radius 3 is 1.86 bits per heavy atom. The van der Waals surface area contributed by atoms with Crippen molar-refractivity contribution in [1.29, 1.82) is 0 Å². The molecule has 0 aliphatic rings. The topological polar surface area (TPSA) is 26.3 Å². The zero-order valence-corrected chi connectivity index (χ0v) is 22.3. The Bertz CT molecular complexity index is 544. The molecular weight excluding hydrogens is 500 g/mol. The average Bonchev–Trinajstić information content (AvgIpc) is 2.55. The van der Waals surface area contributed by atoms with Crippen molar-refractivity contribution in [3.05, 3.63) is 35.4 Å². The van der Waals surface area contributed by atoms with Gasteiger partial charge in [-0.15, -0.1) is 0 Å². The summed E-state index contributed by atoms with van der Waals surface area (Å²) < 4.78 is 4.80. The van der Waals surface area contributed by atoms with Crippen LogP contribution in [0.15, 0.2) is 18.2 Å². The van der Waals surface area contributed by atoms with Crippen molar-refractivity contribution in [2.24, 2.45) is 5.41 Å². The number of esters is 1. The van der Waals surface area contributed by atoms with Gasteiger partial charge in [-0.1, -0.05) is 61.8 Å². The number of rotatable bonds is 5. The fourth-order valence-electron chi connectivity index (χ4n) is 3.24. The van der Waals surface area contributed by atoms with E-state index in [1.54, 1.807) is 0 Å². The third-order valence-electron chi connectivity index (χ3n) is 5.21. The van der Waals surface area contributed by atoms with E-state index in [1.807, 2.05) is 34.6 Å². The summed E-state index contributed by atoms with van der Waals surface area (Å²) in [4.78, 5) is 10.2. The Labute approximate surface area is 205 Å². The van der Waals surface area contributed by atoms with E-state index in [0.29, 0.717) is 5.41 Å². The van der Waals surface area contributed by atoms with Crippen molar-refractivity contribution >= 4 is 5.97 Å². The molecule has 2 nitrogen and oxygen atoms in total. The van der Waals surface area contributed by atoms with Gasteiger partial charge < -0.3 is 4.74 Å². The minimum Gasteiger partial charge on any atom is -0.460 e. The first-order chi connectivity index (χ1) is 12.3. The normalized spacial score (nSPS) is 12.9. The van der Waals surface area contributed by atoms with E-state index in [2.05, 4.69) is 65.8 Å². The van der Waals surface area contributed by atoms with Crippen LogP contribution in [0, 0.1) is 55.7 Å². The summed E-state index contributed by atoms with van der Waals surface area (Å²) in [6.45, 7) is 24.9. The van der Waals surface area contributed by atoms with Gasteiger partial charge in [0.15, 0.2) is 0 Å². The Hall–Kier alpha value is -0.0632. The van der Waals surface area contributed by atoms with Crippen molar-refractivity contribution in [3.8, 4) is 0 Å². The fraction of sp³-hybridized carbons (Fsp3) is 0.720. The maximum Gasteiger partial charge on any atom is 0.303 e. The van der Waals surface area contributed by atoms with Crippen molar-refractivity contribution in [3.63, 3.8) is 0 Å². The van der Waals surface area contributed by atoms with Crippen LogP contribution >= 0.6 is 0 Å². The molecule has 1 atom stereocenters. The van der Waals surface area contributed by atoms with E-state index in [4.69, 9.17) is 4.74 Å². The van der Waals surface area contributed by atoms with E-state index in [0.717, 1.165) is 0 Å². The van der Waals surface area contributed by atoms with E-state index in [1.165, 1.54) is 37.3 Å². The van der Waals surface area contributed by atoms with Crippen LogP contribution in [0.5, 0.6) is 0 Å². The molecule has 170 valence electrons. The number of hydrogen-bond acceptors (Lipinski definition) is 2. The molecule has 1 rings (SSSR count). The van der Waals surface area contributed by atoms with Gasteiger partial charge in [-0.25, -0.2) is 0 Å². The number of benzene rings is 1. The molecule has 0 aliphatic heterocycles. The van der Waals surface area contributed by atoms with Crippen molar-refractivity contribution in [1.82, 2.24) is 0 Å². The maximum absolute atomic E-state index is 10.2. The SMILES string of the molecule is CC.CC(=O)OC(C)(C)C.CCC[C@](C)(CC)C(C)(C)c1cc[c-]c(C)c1.[Er]. The zero-order chi connectivity index (χ0) is 21.9. The molecule has 0 bridgehead atoms. The van der Waals surface area contributed by atoms with Gasteiger partial charge in [-0.05, 0) is 44.4 Å². The monoisotopic (exact) mass is 543 g/mol. The Morgan fingerprint density at radius 2 is 1.57 bits per heavy atom. The Balaban J connectivity index is -0.000000483. The second kappa shape index (κ2) is 14.8. The molecule has 0 spiro atoms. The fourth-order valence-corrected chi connectivity index (χ4v) is 3.24. The number of hydrogen-bond donors (Lipinski definition) is 0. The third kappa shape index (κ3) is 11.8. The number of carbonyl (C=O) groups is 1. The molecular formula is C25H45ErO2-. The van der Waals surface area contributed by atoms with Crippen molar-refractivity contribution in [2.45, 2.75) is 113 Å². The predicted octanol–water partition coefficient (Wildman–Crippen LogP) is 7.66. The molecule has 0 amide bonds. The molecule has 0 saturated heterocycles. The molecule has 0 saturated carbocycles. The summed E-state index contributed by atoms with van der Waals surface area (Å²) in [5.41, 5.74) is 2.95. The summed E-state index contributed by atoms with van der Waals surface area (Å²) in [6.07, 6.45) is 3.77. The molecule has 1 aromatic carbocycles. The first-order valence-electron chi connectivity index (χ1n) is 10.5. The number of ether oxygens (including phenoxy) is 1. The molecule has 28 heavy (non-hydrogen) atoms. The molecule has 0 aromatic heterocycles. The molecule has 0 heterocycles. The van der Waals surface area contributed by atoms with Crippen molar-refractivity contribution < 1.29 is 46.8 Å². The van der Waals surface area contributed by atoms with Gasteiger partial charge in [0.1, 0.15) is 5.60 Å². The van der Waals surface area contributed by atoms with Crippen LogP contribution in [0.3, 0.4) is 0 Å². The zero-order valence-electron chi connectivity index (χ0n) is 20.5. The first kappa shape index (κ1) is 32.6. The van der Waals surface area contributed by atoms with E-state index in [-0.39, 0.29) is 54.3 Å². The quantitative estimate of drug-likeness (QED) is 0.281. The molecule has 3 heteroatoms. The van der Waals surface area contributed by atoms with Crippen LogP contribution in [0.1, 0.15) is 107 Å². The summed E-state index contributed by atoms with van der Waals surface area (Å²) in [5, 5.41) is 0. The standard InChI is InChI=1S/C17H27.C6H12O2.C2H6.Er/c1-7-12-17(6,8-2)16(4,5)15-11-9-10-14(3)13-15;1-5(7)8-6(2,3)4;1-2;/h9,11,13H,7-8,12H2,1-6H3;1-4H3;1-2H3;/q-1;;;/t17-;;;/m0.../s1. The second-order valence-corrected chi connectivity index (χ2v) is 8.76. The second-order valence-electron chi connectivity index (χ2n) is 8.76. The van der Waals surface area contributed by atoms with Crippen LogP contribution in [0.25, 0.3) is 0 Å². The van der Waals surface area contributed by atoms with Gasteiger partial charge in [0.2, 0.25) is 0 Å².